The topological polar surface area (TPSA) is 64.9 Å². The summed E-state index contributed by atoms with van der Waals surface area (Å²) in [6.45, 7) is 4.15. The summed E-state index contributed by atoms with van der Waals surface area (Å²) in [6, 6.07) is 7.60. The number of anilines is 2. The van der Waals surface area contributed by atoms with Crippen LogP contribution in [0.4, 0.5) is 11.4 Å². The lowest BCUT2D eigenvalue weighted by Crippen LogP contribution is -2.27. The van der Waals surface area contributed by atoms with Crippen molar-refractivity contribution < 1.29 is 4.79 Å². The molecule has 1 unspecified atom stereocenters. The molecule has 1 aromatic carbocycles. The van der Waals surface area contributed by atoms with Gasteiger partial charge in [-0.05, 0) is 18.1 Å². The van der Waals surface area contributed by atoms with Crippen molar-refractivity contribution in [1.29, 1.82) is 5.26 Å². The van der Waals surface area contributed by atoms with Crippen molar-refractivity contribution in [3.05, 3.63) is 23.8 Å². The second-order valence-electron chi connectivity index (χ2n) is 4.59. The standard InChI is InChI=1S/C13H15N3O/c1-8(2)11-6-12(17)16-13-9(7-14)4-3-5-10(13)15-11/h3-5,8,11,15H,6H2,1-2H3,(H,16,17). The Morgan fingerprint density at radius 3 is 2.88 bits per heavy atom. The van der Waals surface area contributed by atoms with E-state index >= 15 is 0 Å². The molecular formula is C13H15N3O. The van der Waals surface area contributed by atoms with Crippen LogP contribution in [0, 0.1) is 17.2 Å². The molecule has 2 N–H and O–H groups in total. The van der Waals surface area contributed by atoms with Gasteiger partial charge in [-0.1, -0.05) is 19.9 Å². The number of nitriles is 1. The summed E-state index contributed by atoms with van der Waals surface area (Å²) in [5.74, 6) is 0.315. The summed E-state index contributed by atoms with van der Waals surface area (Å²) in [4.78, 5) is 11.8. The van der Waals surface area contributed by atoms with Gasteiger partial charge in [0.25, 0.3) is 0 Å². The summed E-state index contributed by atoms with van der Waals surface area (Å²) in [6.07, 6.45) is 0.428. The first-order valence-electron chi connectivity index (χ1n) is 5.71. The number of nitrogens with zero attached hydrogens (tertiary/aromatic N) is 1. The van der Waals surface area contributed by atoms with Gasteiger partial charge in [-0.3, -0.25) is 4.79 Å². The van der Waals surface area contributed by atoms with Crippen LogP contribution in [0.5, 0.6) is 0 Å². The smallest absolute Gasteiger partial charge is 0.226 e. The number of benzene rings is 1. The number of hydrogen-bond donors (Lipinski definition) is 2. The molecule has 0 radical (unpaired) electrons. The molecule has 4 nitrogen and oxygen atoms in total. The van der Waals surface area contributed by atoms with Crippen molar-refractivity contribution >= 4 is 17.3 Å². The van der Waals surface area contributed by atoms with E-state index in [0.717, 1.165) is 5.69 Å². The first-order chi connectivity index (χ1) is 8.11. The fourth-order valence-corrected chi connectivity index (χ4v) is 1.94. The molecule has 4 heteroatoms. The summed E-state index contributed by atoms with van der Waals surface area (Å²) in [5.41, 5.74) is 1.92. The van der Waals surface area contributed by atoms with E-state index in [0.29, 0.717) is 23.6 Å². The van der Waals surface area contributed by atoms with Crippen LogP contribution in [0.2, 0.25) is 0 Å². The van der Waals surface area contributed by atoms with Crippen molar-refractivity contribution in [2.24, 2.45) is 5.92 Å². The molecule has 1 amide bonds. The molecule has 0 spiro atoms. The molecule has 0 saturated heterocycles. The molecule has 1 heterocycles. The van der Waals surface area contributed by atoms with Crippen molar-refractivity contribution in [3.63, 3.8) is 0 Å². The highest BCUT2D eigenvalue weighted by atomic mass is 16.1. The highest BCUT2D eigenvalue weighted by Gasteiger charge is 2.24. The number of para-hydroxylation sites is 1. The molecule has 17 heavy (non-hydrogen) atoms. The van der Waals surface area contributed by atoms with E-state index in [2.05, 4.69) is 30.6 Å². The zero-order valence-electron chi connectivity index (χ0n) is 9.95. The molecule has 0 saturated carbocycles. The molecule has 1 aliphatic heterocycles. The number of carbonyl (C=O) groups is 1. The Balaban J connectivity index is 2.44. The fraction of sp³-hybridized carbons (Fsp3) is 0.385. The molecule has 0 bridgehead atoms. The third-order valence-corrected chi connectivity index (χ3v) is 3.00. The van der Waals surface area contributed by atoms with E-state index < -0.39 is 0 Å². The number of nitrogens with one attached hydrogen (secondary N) is 2. The lowest BCUT2D eigenvalue weighted by molar-refractivity contribution is -0.116. The van der Waals surface area contributed by atoms with E-state index in [1.165, 1.54) is 0 Å². The van der Waals surface area contributed by atoms with Crippen LogP contribution in [0.3, 0.4) is 0 Å². The van der Waals surface area contributed by atoms with E-state index in [-0.39, 0.29) is 11.9 Å². The van der Waals surface area contributed by atoms with Gasteiger partial charge in [0.2, 0.25) is 5.91 Å². The van der Waals surface area contributed by atoms with Crippen LogP contribution in [0.25, 0.3) is 0 Å². The Kier molecular flexibility index (Phi) is 3.01. The molecule has 2 rings (SSSR count). The minimum atomic E-state index is -0.0438. The Labute approximate surface area is 101 Å². The molecule has 1 aromatic rings. The maximum atomic E-state index is 11.8. The van der Waals surface area contributed by atoms with Gasteiger partial charge in [-0.2, -0.15) is 5.26 Å². The lowest BCUT2D eigenvalue weighted by atomic mass is 10.0. The minimum absolute atomic E-state index is 0.0438. The average molecular weight is 229 g/mol. The zero-order chi connectivity index (χ0) is 12.4. The van der Waals surface area contributed by atoms with Crippen LogP contribution < -0.4 is 10.6 Å². The zero-order valence-corrected chi connectivity index (χ0v) is 9.95. The number of amides is 1. The molecule has 0 fully saturated rings. The Bertz CT molecular complexity index is 488. The maximum Gasteiger partial charge on any atom is 0.226 e. The summed E-state index contributed by atoms with van der Waals surface area (Å²) < 4.78 is 0. The normalized spacial score (nSPS) is 18.7. The number of carbonyl (C=O) groups excluding carboxylic acids is 1. The van der Waals surface area contributed by atoms with Crippen LogP contribution in [-0.2, 0) is 4.79 Å². The number of rotatable bonds is 1. The Hall–Kier alpha value is -2.02. The van der Waals surface area contributed by atoms with E-state index in [1.54, 1.807) is 6.07 Å². The summed E-state index contributed by atoms with van der Waals surface area (Å²) >= 11 is 0. The predicted octanol–water partition coefficient (Wildman–Crippen LogP) is 2.34. The quantitative estimate of drug-likeness (QED) is 0.776. The van der Waals surface area contributed by atoms with Crippen LogP contribution in [-0.4, -0.2) is 11.9 Å². The van der Waals surface area contributed by atoms with Crippen LogP contribution >= 0.6 is 0 Å². The molecule has 0 aromatic heterocycles. The van der Waals surface area contributed by atoms with Gasteiger partial charge in [0.15, 0.2) is 0 Å². The Morgan fingerprint density at radius 1 is 1.47 bits per heavy atom. The molecule has 1 atom stereocenters. The first kappa shape index (κ1) is 11.5. The van der Waals surface area contributed by atoms with Gasteiger partial charge >= 0.3 is 0 Å². The minimum Gasteiger partial charge on any atom is -0.380 e. The van der Waals surface area contributed by atoms with E-state index in [9.17, 15) is 4.79 Å². The first-order valence-corrected chi connectivity index (χ1v) is 5.71. The fourth-order valence-electron chi connectivity index (χ4n) is 1.94. The highest BCUT2D eigenvalue weighted by Crippen LogP contribution is 2.30. The van der Waals surface area contributed by atoms with Gasteiger partial charge in [0, 0.05) is 12.5 Å². The van der Waals surface area contributed by atoms with Crippen molar-refractivity contribution in [1.82, 2.24) is 0 Å². The van der Waals surface area contributed by atoms with Gasteiger partial charge in [0.05, 0.1) is 16.9 Å². The van der Waals surface area contributed by atoms with Gasteiger partial charge in [0.1, 0.15) is 6.07 Å². The average Bonchev–Trinajstić information content (AvgIpc) is 2.46. The third kappa shape index (κ3) is 2.23. The SMILES string of the molecule is CC(C)C1CC(=O)Nc2c(C#N)cccc2N1. The van der Waals surface area contributed by atoms with Gasteiger partial charge in [-0.15, -0.1) is 0 Å². The van der Waals surface area contributed by atoms with Gasteiger partial charge in [-0.25, -0.2) is 0 Å². The van der Waals surface area contributed by atoms with Crippen LogP contribution in [0.15, 0.2) is 18.2 Å². The lowest BCUT2D eigenvalue weighted by Gasteiger charge is -2.20. The Morgan fingerprint density at radius 2 is 2.24 bits per heavy atom. The van der Waals surface area contributed by atoms with E-state index in [4.69, 9.17) is 5.26 Å². The molecule has 1 aliphatic rings. The van der Waals surface area contributed by atoms with Crippen molar-refractivity contribution in [2.45, 2.75) is 26.3 Å². The largest absolute Gasteiger partial charge is 0.380 e. The second-order valence-corrected chi connectivity index (χ2v) is 4.59. The second kappa shape index (κ2) is 4.46. The summed E-state index contributed by atoms with van der Waals surface area (Å²) in [7, 11) is 0. The maximum absolute atomic E-state index is 11.8. The number of fused-ring (bicyclic) bond motifs is 1. The summed E-state index contributed by atoms with van der Waals surface area (Å²) in [5, 5.41) is 15.2. The molecular weight excluding hydrogens is 214 g/mol. The molecule has 88 valence electrons. The van der Waals surface area contributed by atoms with Crippen molar-refractivity contribution in [3.8, 4) is 6.07 Å². The highest BCUT2D eigenvalue weighted by molar-refractivity contribution is 5.98. The predicted molar refractivity (Wildman–Crippen MR) is 66.7 cm³/mol. The third-order valence-electron chi connectivity index (χ3n) is 3.00. The van der Waals surface area contributed by atoms with E-state index in [1.807, 2.05) is 12.1 Å². The molecule has 0 aliphatic carbocycles. The number of hydrogen-bond acceptors (Lipinski definition) is 3. The van der Waals surface area contributed by atoms with Gasteiger partial charge < -0.3 is 10.6 Å². The van der Waals surface area contributed by atoms with Crippen LogP contribution in [0.1, 0.15) is 25.8 Å². The monoisotopic (exact) mass is 229 g/mol. The van der Waals surface area contributed by atoms with Crippen molar-refractivity contribution in [2.75, 3.05) is 10.6 Å².